The summed E-state index contributed by atoms with van der Waals surface area (Å²) >= 11 is 0. The van der Waals surface area contributed by atoms with Gasteiger partial charge in [0.2, 0.25) is 0 Å². The number of nitriles is 1. The molecule has 0 bridgehead atoms. The largest absolute Gasteiger partial charge is 0.302 e. The van der Waals surface area contributed by atoms with Crippen LogP contribution in [0.2, 0.25) is 0 Å². The summed E-state index contributed by atoms with van der Waals surface area (Å²) in [6.45, 7) is 2.20. The Kier molecular flexibility index (Phi) is 1.96. The Labute approximate surface area is 62.2 Å². The molecule has 2 atom stereocenters. The van der Waals surface area contributed by atoms with Gasteiger partial charge in [-0.1, -0.05) is 6.92 Å². The number of nitrogens with zero attached hydrogens (tertiary/aromatic N) is 1. The van der Waals surface area contributed by atoms with E-state index in [9.17, 15) is 0 Å². The van der Waals surface area contributed by atoms with E-state index in [1.165, 1.54) is 6.42 Å². The highest BCUT2D eigenvalue weighted by molar-refractivity contribution is 5.10. The maximum atomic E-state index is 8.82. The maximum absolute atomic E-state index is 8.82. The fourth-order valence-corrected chi connectivity index (χ4v) is 1.68. The molecule has 0 amide bonds. The predicted octanol–water partition coefficient (Wildman–Crippen LogP) is 1.29. The van der Waals surface area contributed by atoms with Crippen LogP contribution in [0.1, 0.15) is 26.2 Å². The lowest BCUT2D eigenvalue weighted by Crippen LogP contribution is -2.38. The molecule has 0 aromatic rings. The van der Waals surface area contributed by atoms with Crippen molar-refractivity contribution in [3.8, 4) is 6.07 Å². The van der Waals surface area contributed by atoms with E-state index >= 15 is 0 Å². The van der Waals surface area contributed by atoms with Gasteiger partial charge in [0, 0.05) is 0 Å². The predicted molar refractivity (Wildman–Crippen MR) is 40.4 cm³/mol. The van der Waals surface area contributed by atoms with Gasteiger partial charge >= 0.3 is 0 Å². The first-order chi connectivity index (χ1) is 4.72. The van der Waals surface area contributed by atoms with E-state index in [0.717, 1.165) is 12.8 Å². The van der Waals surface area contributed by atoms with Gasteiger partial charge in [-0.25, -0.2) is 0 Å². The molecule has 1 aliphatic carbocycles. The van der Waals surface area contributed by atoms with Gasteiger partial charge in [0.15, 0.2) is 0 Å². The Morgan fingerprint density at radius 1 is 1.70 bits per heavy atom. The second kappa shape index (κ2) is 2.59. The SMILES string of the molecule is CNC1(C#N)CCC(C)C1. The average Bonchev–Trinajstić information content (AvgIpc) is 2.33. The van der Waals surface area contributed by atoms with Gasteiger partial charge in [-0.05, 0) is 32.2 Å². The van der Waals surface area contributed by atoms with E-state index in [1.54, 1.807) is 0 Å². The van der Waals surface area contributed by atoms with Crippen LogP contribution >= 0.6 is 0 Å². The van der Waals surface area contributed by atoms with Crippen LogP contribution in [0, 0.1) is 17.2 Å². The van der Waals surface area contributed by atoms with Crippen molar-refractivity contribution in [2.45, 2.75) is 31.7 Å². The smallest absolute Gasteiger partial charge is 0.106 e. The number of nitrogens with one attached hydrogen (secondary N) is 1. The molecule has 56 valence electrons. The Balaban J connectivity index is 2.62. The first kappa shape index (κ1) is 7.56. The Bertz CT molecular complexity index is 159. The van der Waals surface area contributed by atoms with Crippen LogP contribution in [0.5, 0.6) is 0 Å². The molecule has 2 heteroatoms. The molecular formula is C8H14N2. The summed E-state index contributed by atoms with van der Waals surface area (Å²) in [5, 5.41) is 11.9. The zero-order valence-electron chi connectivity index (χ0n) is 6.65. The monoisotopic (exact) mass is 138 g/mol. The molecular weight excluding hydrogens is 124 g/mol. The second-order valence-corrected chi connectivity index (χ2v) is 3.29. The highest BCUT2D eigenvalue weighted by Gasteiger charge is 2.35. The third-order valence-electron chi connectivity index (χ3n) is 2.45. The lowest BCUT2D eigenvalue weighted by atomic mass is 9.99. The minimum absolute atomic E-state index is 0.195. The minimum Gasteiger partial charge on any atom is -0.302 e. The molecule has 0 aliphatic heterocycles. The first-order valence-corrected chi connectivity index (χ1v) is 3.82. The zero-order chi connectivity index (χ0) is 7.61. The first-order valence-electron chi connectivity index (χ1n) is 3.82. The number of hydrogen-bond acceptors (Lipinski definition) is 2. The van der Waals surface area contributed by atoms with Crippen LogP contribution in [-0.2, 0) is 0 Å². The minimum atomic E-state index is -0.195. The molecule has 0 spiro atoms. The van der Waals surface area contributed by atoms with Crippen LogP contribution in [0.4, 0.5) is 0 Å². The summed E-state index contributed by atoms with van der Waals surface area (Å²) < 4.78 is 0. The maximum Gasteiger partial charge on any atom is 0.106 e. The molecule has 1 fully saturated rings. The van der Waals surface area contributed by atoms with E-state index in [2.05, 4.69) is 18.3 Å². The molecule has 0 aromatic heterocycles. The summed E-state index contributed by atoms with van der Waals surface area (Å²) in [7, 11) is 1.88. The summed E-state index contributed by atoms with van der Waals surface area (Å²) in [5.41, 5.74) is -0.195. The molecule has 0 radical (unpaired) electrons. The molecule has 0 heterocycles. The molecule has 1 N–H and O–H groups in total. The van der Waals surface area contributed by atoms with Gasteiger partial charge in [0.05, 0.1) is 6.07 Å². The van der Waals surface area contributed by atoms with Crippen LogP contribution in [-0.4, -0.2) is 12.6 Å². The summed E-state index contributed by atoms with van der Waals surface area (Å²) in [6.07, 6.45) is 3.22. The van der Waals surface area contributed by atoms with Gasteiger partial charge in [0.1, 0.15) is 5.54 Å². The highest BCUT2D eigenvalue weighted by atomic mass is 14.9. The standard InChI is InChI=1S/C8H14N2/c1-7-3-4-8(5-7,6-9)10-2/h7,10H,3-5H2,1-2H3. The van der Waals surface area contributed by atoms with E-state index in [1.807, 2.05) is 7.05 Å². The van der Waals surface area contributed by atoms with Gasteiger partial charge in [-0.15, -0.1) is 0 Å². The van der Waals surface area contributed by atoms with Crippen LogP contribution in [0.3, 0.4) is 0 Å². The van der Waals surface area contributed by atoms with E-state index in [0.29, 0.717) is 5.92 Å². The van der Waals surface area contributed by atoms with Gasteiger partial charge < -0.3 is 5.32 Å². The summed E-state index contributed by atoms with van der Waals surface area (Å²) in [4.78, 5) is 0. The summed E-state index contributed by atoms with van der Waals surface area (Å²) in [6, 6.07) is 2.35. The van der Waals surface area contributed by atoms with Gasteiger partial charge in [-0.3, -0.25) is 0 Å². The van der Waals surface area contributed by atoms with E-state index in [-0.39, 0.29) is 5.54 Å². The molecule has 0 saturated heterocycles. The van der Waals surface area contributed by atoms with Crippen molar-refractivity contribution in [1.29, 1.82) is 5.26 Å². The van der Waals surface area contributed by atoms with E-state index in [4.69, 9.17) is 5.26 Å². The van der Waals surface area contributed by atoms with Crippen LogP contribution in [0.25, 0.3) is 0 Å². The summed E-state index contributed by atoms with van der Waals surface area (Å²) in [5.74, 6) is 0.715. The average molecular weight is 138 g/mol. The van der Waals surface area contributed by atoms with E-state index < -0.39 is 0 Å². The number of hydrogen-bond donors (Lipinski definition) is 1. The van der Waals surface area contributed by atoms with Gasteiger partial charge in [0.25, 0.3) is 0 Å². The lowest BCUT2D eigenvalue weighted by molar-refractivity contribution is 0.445. The third kappa shape index (κ3) is 1.15. The van der Waals surface area contributed by atoms with Crippen molar-refractivity contribution in [2.24, 2.45) is 5.92 Å². The molecule has 10 heavy (non-hydrogen) atoms. The Morgan fingerprint density at radius 3 is 2.60 bits per heavy atom. The topological polar surface area (TPSA) is 35.8 Å². The van der Waals surface area contributed by atoms with Crippen LogP contribution < -0.4 is 5.32 Å². The van der Waals surface area contributed by atoms with Crippen molar-refractivity contribution < 1.29 is 0 Å². The third-order valence-corrected chi connectivity index (χ3v) is 2.45. The molecule has 0 aromatic carbocycles. The fraction of sp³-hybridized carbons (Fsp3) is 0.875. The van der Waals surface area contributed by atoms with Crippen LogP contribution in [0.15, 0.2) is 0 Å². The van der Waals surface area contributed by atoms with Gasteiger partial charge in [-0.2, -0.15) is 5.26 Å². The number of rotatable bonds is 1. The molecule has 2 unspecified atom stereocenters. The molecule has 1 aliphatic rings. The zero-order valence-corrected chi connectivity index (χ0v) is 6.65. The van der Waals surface area contributed by atoms with Crippen molar-refractivity contribution in [3.05, 3.63) is 0 Å². The molecule has 2 nitrogen and oxygen atoms in total. The van der Waals surface area contributed by atoms with Crippen molar-refractivity contribution in [3.63, 3.8) is 0 Å². The Morgan fingerprint density at radius 2 is 2.40 bits per heavy atom. The molecule has 1 saturated carbocycles. The highest BCUT2D eigenvalue weighted by Crippen LogP contribution is 2.33. The Hall–Kier alpha value is -0.550. The second-order valence-electron chi connectivity index (χ2n) is 3.29. The lowest BCUT2D eigenvalue weighted by Gasteiger charge is -2.18. The van der Waals surface area contributed by atoms with Crippen molar-refractivity contribution >= 4 is 0 Å². The van der Waals surface area contributed by atoms with Crippen molar-refractivity contribution in [1.82, 2.24) is 5.32 Å². The fourth-order valence-electron chi connectivity index (χ4n) is 1.68. The quantitative estimate of drug-likeness (QED) is 0.592. The van der Waals surface area contributed by atoms with Crippen molar-refractivity contribution in [2.75, 3.05) is 7.05 Å². The normalized spacial score (nSPS) is 39.5. The molecule has 1 rings (SSSR count).